The largest absolute Gasteiger partial charge is 0.356 e. The van der Waals surface area contributed by atoms with Crippen LogP contribution < -0.4 is 0 Å². The predicted octanol–water partition coefficient (Wildman–Crippen LogP) is 7.11. The Morgan fingerprint density at radius 1 is 1.03 bits per heavy atom. The van der Waals surface area contributed by atoms with Crippen LogP contribution in [0, 0.1) is 50.7 Å². The fourth-order valence-corrected chi connectivity index (χ4v) is 11.1. The smallest absolute Gasteiger partial charge is 0.161 e. The van der Waals surface area contributed by atoms with Gasteiger partial charge in [0.2, 0.25) is 0 Å². The highest BCUT2D eigenvalue weighted by Crippen LogP contribution is 2.88. The van der Waals surface area contributed by atoms with E-state index >= 15 is 0 Å². The Kier molecular flexibility index (Phi) is 4.90. The van der Waals surface area contributed by atoms with E-state index < -0.39 is 0 Å². The average molecular weight is 467 g/mol. The van der Waals surface area contributed by atoms with Crippen molar-refractivity contribution in [1.82, 2.24) is 0 Å². The first-order valence-corrected chi connectivity index (χ1v) is 14.0. The number of ether oxygens (including phenoxy) is 2. The molecule has 0 radical (unpaired) electrons. The molecule has 5 aliphatic carbocycles. The molecule has 0 aromatic rings. The third-order valence-corrected chi connectivity index (χ3v) is 12.9. The van der Waals surface area contributed by atoms with Gasteiger partial charge in [0.1, 0.15) is 0 Å². The molecule has 2 spiro atoms. The first kappa shape index (κ1) is 23.5. The lowest BCUT2D eigenvalue weighted by molar-refractivity contribution is -0.162. The molecule has 1 saturated heterocycles. The molecule has 0 unspecified atom stereocenters. The number of methoxy groups -OCH3 is 1. The molecule has 0 aromatic heterocycles. The van der Waals surface area contributed by atoms with Crippen molar-refractivity contribution in [3.8, 4) is 0 Å². The fourth-order valence-electron chi connectivity index (χ4n) is 11.1. The molecule has 5 fully saturated rings. The average Bonchev–Trinajstić information content (AvgIpc) is 3.14. The van der Waals surface area contributed by atoms with Gasteiger partial charge in [0, 0.05) is 18.4 Å². The summed E-state index contributed by atoms with van der Waals surface area (Å²) in [6.07, 6.45) is 17.1. The predicted molar refractivity (Wildman–Crippen MR) is 135 cm³/mol. The van der Waals surface area contributed by atoms with Gasteiger partial charge in [-0.15, -0.1) is 0 Å². The molecule has 10 atom stereocenters. The summed E-state index contributed by atoms with van der Waals surface area (Å²) in [6.45, 7) is 14.1. The van der Waals surface area contributed by atoms with Crippen LogP contribution in [0.3, 0.4) is 0 Å². The summed E-state index contributed by atoms with van der Waals surface area (Å²) >= 11 is 0. The molecule has 0 bridgehead atoms. The van der Waals surface area contributed by atoms with E-state index in [9.17, 15) is 4.79 Å². The van der Waals surface area contributed by atoms with Gasteiger partial charge in [0.05, 0.1) is 6.10 Å². The summed E-state index contributed by atoms with van der Waals surface area (Å²) in [5.41, 5.74) is 2.57. The van der Waals surface area contributed by atoms with E-state index in [4.69, 9.17) is 9.47 Å². The van der Waals surface area contributed by atoms with E-state index in [2.05, 4.69) is 53.7 Å². The zero-order valence-electron chi connectivity index (χ0n) is 22.6. The number of allylic oxidation sites excluding steroid dienone is 3. The zero-order valence-corrected chi connectivity index (χ0v) is 22.6. The summed E-state index contributed by atoms with van der Waals surface area (Å²) in [5.74, 6) is 2.83. The lowest BCUT2D eigenvalue weighted by Gasteiger charge is -2.62. The van der Waals surface area contributed by atoms with Crippen LogP contribution >= 0.6 is 0 Å². The molecule has 188 valence electrons. The van der Waals surface area contributed by atoms with Crippen molar-refractivity contribution in [3.05, 3.63) is 23.8 Å². The van der Waals surface area contributed by atoms with E-state index in [1.165, 1.54) is 50.5 Å². The number of ketones is 1. The number of carbonyl (C=O) groups is 1. The lowest BCUT2D eigenvalue weighted by Crippen LogP contribution is -2.56. The van der Waals surface area contributed by atoms with Crippen molar-refractivity contribution in [2.75, 3.05) is 7.11 Å². The van der Waals surface area contributed by atoms with Crippen LogP contribution in [0.5, 0.6) is 0 Å². The monoisotopic (exact) mass is 466 g/mol. The van der Waals surface area contributed by atoms with Crippen LogP contribution in [0.4, 0.5) is 0 Å². The summed E-state index contributed by atoms with van der Waals surface area (Å²) in [5, 5.41) is 0. The van der Waals surface area contributed by atoms with Crippen LogP contribution in [0.25, 0.3) is 0 Å². The van der Waals surface area contributed by atoms with Crippen molar-refractivity contribution >= 4 is 5.78 Å². The second-order valence-corrected chi connectivity index (χ2v) is 14.4. The van der Waals surface area contributed by atoms with Crippen molar-refractivity contribution in [2.45, 2.75) is 105 Å². The van der Waals surface area contributed by atoms with E-state index in [-0.39, 0.29) is 23.2 Å². The minimum absolute atomic E-state index is 0.0724. The SMILES string of the molecule is CO[C@H]1O[C@H](C=C(C)C)C[C@@H]1[C@H]1CC[C@@]2(C)[C@@H]3CC[C@H]4C(C)(C)C(=O)C=C[C@@]45C[C@@]35CC[C@]12C. The maximum absolute atomic E-state index is 12.8. The highest BCUT2D eigenvalue weighted by molar-refractivity contribution is 5.96. The quantitative estimate of drug-likeness (QED) is 0.416. The van der Waals surface area contributed by atoms with Crippen molar-refractivity contribution in [1.29, 1.82) is 0 Å². The number of fused-ring (bicyclic) bond motifs is 2. The van der Waals surface area contributed by atoms with Gasteiger partial charge in [-0.3, -0.25) is 4.79 Å². The fraction of sp³-hybridized carbons (Fsp3) is 0.839. The van der Waals surface area contributed by atoms with E-state index in [0.29, 0.717) is 39.8 Å². The Morgan fingerprint density at radius 2 is 1.76 bits per heavy atom. The van der Waals surface area contributed by atoms with Gasteiger partial charge < -0.3 is 9.47 Å². The molecule has 1 heterocycles. The van der Waals surface area contributed by atoms with Crippen LogP contribution in [-0.2, 0) is 14.3 Å². The zero-order chi connectivity index (χ0) is 24.3. The maximum Gasteiger partial charge on any atom is 0.161 e. The lowest BCUT2D eigenvalue weighted by atomic mass is 9.42. The number of hydrogen-bond donors (Lipinski definition) is 0. The summed E-state index contributed by atoms with van der Waals surface area (Å²) in [6, 6.07) is 0. The van der Waals surface area contributed by atoms with E-state index in [0.717, 1.165) is 12.3 Å². The molecular weight excluding hydrogens is 420 g/mol. The van der Waals surface area contributed by atoms with Gasteiger partial charge in [-0.25, -0.2) is 0 Å². The number of hydrogen-bond acceptors (Lipinski definition) is 3. The summed E-state index contributed by atoms with van der Waals surface area (Å²) in [7, 11) is 1.84. The van der Waals surface area contributed by atoms with Gasteiger partial charge >= 0.3 is 0 Å². The van der Waals surface area contributed by atoms with Gasteiger partial charge in [-0.1, -0.05) is 45.4 Å². The molecule has 3 nitrogen and oxygen atoms in total. The topological polar surface area (TPSA) is 35.5 Å². The standard InChI is InChI=1S/C31H46O3/c1-19(2)16-20-17-21(26(33-7)34-20)22-10-12-29(6)24-9-8-23-27(3,4)25(32)11-13-30(23)18-31(24,30)15-14-28(22,29)5/h11,13,16,20-24,26H,8-10,12,14-15,17-18H2,1-7H3/t20-,21-,22-,23+,24+,26+,28-,29+,30-,31+/m1/s1. The molecule has 6 aliphatic rings. The summed E-state index contributed by atoms with van der Waals surface area (Å²) in [4.78, 5) is 12.8. The van der Waals surface area contributed by atoms with E-state index in [1.54, 1.807) is 0 Å². The van der Waals surface area contributed by atoms with Gasteiger partial charge in [0.25, 0.3) is 0 Å². The third kappa shape index (κ3) is 2.64. The first-order valence-electron chi connectivity index (χ1n) is 14.0. The number of carbonyl (C=O) groups excluding carboxylic acids is 1. The Labute approximate surface area is 207 Å². The first-order chi connectivity index (χ1) is 15.9. The Morgan fingerprint density at radius 3 is 2.47 bits per heavy atom. The van der Waals surface area contributed by atoms with Gasteiger partial charge in [0.15, 0.2) is 12.1 Å². The third-order valence-electron chi connectivity index (χ3n) is 12.9. The molecule has 6 rings (SSSR count). The highest BCUT2D eigenvalue weighted by Gasteiger charge is 2.81. The van der Waals surface area contributed by atoms with Crippen LogP contribution in [0.15, 0.2) is 23.8 Å². The molecule has 0 aromatic carbocycles. The van der Waals surface area contributed by atoms with Crippen LogP contribution in [0.2, 0.25) is 0 Å². The van der Waals surface area contributed by atoms with E-state index in [1.807, 2.05) is 13.2 Å². The minimum Gasteiger partial charge on any atom is -0.356 e. The van der Waals surface area contributed by atoms with Gasteiger partial charge in [-0.2, -0.15) is 0 Å². The molecule has 3 heteroatoms. The second kappa shape index (κ2) is 7.09. The van der Waals surface area contributed by atoms with Crippen molar-refractivity contribution in [3.63, 3.8) is 0 Å². The molecule has 4 saturated carbocycles. The van der Waals surface area contributed by atoms with Crippen molar-refractivity contribution in [2.24, 2.45) is 50.7 Å². The van der Waals surface area contributed by atoms with Crippen LogP contribution in [-0.4, -0.2) is 25.3 Å². The summed E-state index contributed by atoms with van der Waals surface area (Å²) < 4.78 is 12.4. The molecule has 1 aliphatic heterocycles. The van der Waals surface area contributed by atoms with Crippen molar-refractivity contribution < 1.29 is 14.3 Å². The van der Waals surface area contributed by atoms with Gasteiger partial charge in [-0.05, 0) is 111 Å². The minimum atomic E-state index is -0.199. The van der Waals surface area contributed by atoms with Crippen LogP contribution in [0.1, 0.15) is 92.9 Å². The molecular formula is C31H46O3. The molecule has 0 N–H and O–H groups in total. The Bertz CT molecular complexity index is 958. The molecule has 34 heavy (non-hydrogen) atoms. The normalized spacial score (nSPS) is 54.6. The second-order valence-electron chi connectivity index (χ2n) is 14.4. The maximum atomic E-state index is 12.8. The highest BCUT2D eigenvalue weighted by atomic mass is 16.7. The number of rotatable bonds is 3. The molecule has 0 amide bonds. The Balaban J connectivity index is 1.32. The Hall–Kier alpha value is -0.930.